The summed E-state index contributed by atoms with van der Waals surface area (Å²) in [5.41, 5.74) is 6.94. The molecule has 3 heteroatoms. The van der Waals surface area contributed by atoms with E-state index >= 15 is 0 Å². The molecule has 2 N–H and O–H groups in total. The van der Waals surface area contributed by atoms with Crippen molar-refractivity contribution in [2.45, 2.75) is 13.0 Å². The Morgan fingerprint density at radius 3 is 2.59 bits per heavy atom. The molecule has 1 atom stereocenters. The third-order valence-electron chi connectivity index (χ3n) is 2.43. The van der Waals surface area contributed by atoms with E-state index in [1.807, 2.05) is 55.5 Å². The van der Waals surface area contributed by atoms with Crippen molar-refractivity contribution in [1.29, 1.82) is 0 Å². The minimum Gasteiger partial charge on any atom is -0.457 e. The summed E-state index contributed by atoms with van der Waals surface area (Å²) in [7, 11) is 0. The van der Waals surface area contributed by atoms with Gasteiger partial charge >= 0.3 is 0 Å². The summed E-state index contributed by atoms with van der Waals surface area (Å²) in [5, 5.41) is 0. The third kappa shape index (κ3) is 3.20. The summed E-state index contributed by atoms with van der Waals surface area (Å²) in [6, 6.07) is 15.8. The quantitative estimate of drug-likeness (QED) is 0.855. The predicted octanol–water partition coefficient (Wildman–Crippen LogP) is 4.10. The van der Waals surface area contributed by atoms with Crippen LogP contribution >= 0.6 is 22.6 Å². The highest BCUT2D eigenvalue weighted by Gasteiger charge is 2.07. The lowest BCUT2D eigenvalue weighted by Crippen LogP contribution is -2.06. The number of benzene rings is 2. The van der Waals surface area contributed by atoms with Crippen molar-refractivity contribution >= 4 is 22.6 Å². The number of hydrogen-bond donors (Lipinski definition) is 1. The maximum atomic E-state index is 5.92. The van der Waals surface area contributed by atoms with Crippen molar-refractivity contribution < 1.29 is 4.74 Å². The van der Waals surface area contributed by atoms with Crippen molar-refractivity contribution in [3.63, 3.8) is 0 Å². The fraction of sp³-hybridized carbons (Fsp3) is 0.143. The molecule has 0 saturated carbocycles. The van der Waals surface area contributed by atoms with Gasteiger partial charge in [0.1, 0.15) is 11.5 Å². The first kappa shape index (κ1) is 12.4. The van der Waals surface area contributed by atoms with Crippen LogP contribution < -0.4 is 10.5 Å². The topological polar surface area (TPSA) is 35.2 Å². The maximum Gasteiger partial charge on any atom is 0.132 e. The molecule has 0 aliphatic heterocycles. The van der Waals surface area contributed by atoms with Gasteiger partial charge in [0.25, 0.3) is 0 Å². The van der Waals surface area contributed by atoms with Gasteiger partial charge < -0.3 is 10.5 Å². The molecule has 0 heterocycles. The highest BCUT2D eigenvalue weighted by atomic mass is 127. The van der Waals surface area contributed by atoms with Crippen LogP contribution in [0.3, 0.4) is 0 Å². The van der Waals surface area contributed by atoms with Crippen molar-refractivity contribution in [2.75, 3.05) is 0 Å². The van der Waals surface area contributed by atoms with E-state index in [1.165, 1.54) is 0 Å². The van der Waals surface area contributed by atoms with Crippen LogP contribution in [-0.4, -0.2) is 0 Å². The number of rotatable bonds is 3. The van der Waals surface area contributed by atoms with Gasteiger partial charge in [-0.2, -0.15) is 0 Å². The van der Waals surface area contributed by atoms with Crippen LogP contribution in [0.15, 0.2) is 48.5 Å². The second kappa shape index (κ2) is 5.51. The maximum absolute atomic E-state index is 5.92. The van der Waals surface area contributed by atoms with Crippen LogP contribution in [0.4, 0.5) is 0 Å². The minimum absolute atomic E-state index is 0.0333. The van der Waals surface area contributed by atoms with Crippen LogP contribution in [-0.2, 0) is 0 Å². The molecule has 0 saturated heterocycles. The molecule has 0 aliphatic rings. The fourth-order valence-electron chi connectivity index (χ4n) is 1.61. The summed E-state index contributed by atoms with van der Waals surface area (Å²) >= 11 is 2.27. The molecule has 2 aromatic carbocycles. The van der Waals surface area contributed by atoms with E-state index in [0.717, 1.165) is 20.6 Å². The fourth-order valence-corrected chi connectivity index (χ4v) is 2.12. The molecule has 0 fully saturated rings. The Morgan fingerprint density at radius 1 is 1.12 bits per heavy atom. The van der Waals surface area contributed by atoms with E-state index < -0.39 is 0 Å². The molecule has 0 radical (unpaired) electrons. The lowest BCUT2D eigenvalue weighted by Gasteiger charge is -2.13. The van der Waals surface area contributed by atoms with E-state index in [0.29, 0.717) is 0 Å². The van der Waals surface area contributed by atoms with E-state index in [-0.39, 0.29) is 6.04 Å². The summed E-state index contributed by atoms with van der Waals surface area (Å²) in [4.78, 5) is 0. The third-order valence-corrected chi connectivity index (χ3v) is 3.10. The smallest absolute Gasteiger partial charge is 0.132 e. The largest absolute Gasteiger partial charge is 0.457 e. The molecule has 88 valence electrons. The Morgan fingerprint density at radius 2 is 1.88 bits per heavy atom. The predicted molar refractivity (Wildman–Crippen MR) is 78.3 cm³/mol. The zero-order chi connectivity index (χ0) is 12.3. The molecule has 0 aromatic heterocycles. The van der Waals surface area contributed by atoms with Crippen LogP contribution in [0.25, 0.3) is 0 Å². The van der Waals surface area contributed by atoms with Gasteiger partial charge in [-0.15, -0.1) is 0 Å². The van der Waals surface area contributed by atoms with Gasteiger partial charge in [0.15, 0.2) is 0 Å². The molecule has 1 unspecified atom stereocenters. The van der Waals surface area contributed by atoms with Crippen molar-refractivity contribution in [2.24, 2.45) is 5.73 Å². The van der Waals surface area contributed by atoms with Gasteiger partial charge in [0.05, 0.1) is 0 Å². The second-order valence-electron chi connectivity index (χ2n) is 3.89. The Bertz CT molecular complexity index is 511. The van der Waals surface area contributed by atoms with Crippen LogP contribution in [0, 0.1) is 3.57 Å². The van der Waals surface area contributed by atoms with Gasteiger partial charge in [-0.05, 0) is 53.8 Å². The van der Waals surface area contributed by atoms with E-state index in [4.69, 9.17) is 10.5 Å². The molecular weight excluding hydrogens is 325 g/mol. The number of halogens is 1. The van der Waals surface area contributed by atoms with Crippen molar-refractivity contribution in [3.8, 4) is 11.5 Å². The minimum atomic E-state index is -0.0333. The molecule has 0 aliphatic carbocycles. The summed E-state index contributed by atoms with van der Waals surface area (Å²) in [6.07, 6.45) is 0. The summed E-state index contributed by atoms with van der Waals surface area (Å²) < 4.78 is 7.02. The molecule has 17 heavy (non-hydrogen) atoms. The zero-order valence-electron chi connectivity index (χ0n) is 9.56. The van der Waals surface area contributed by atoms with E-state index in [9.17, 15) is 0 Å². The number of para-hydroxylation sites is 1. The highest BCUT2D eigenvalue weighted by Crippen LogP contribution is 2.29. The van der Waals surface area contributed by atoms with Crippen LogP contribution in [0.2, 0.25) is 0 Å². The van der Waals surface area contributed by atoms with Gasteiger partial charge in [0, 0.05) is 15.2 Å². The van der Waals surface area contributed by atoms with Gasteiger partial charge in [-0.25, -0.2) is 0 Å². The lowest BCUT2D eigenvalue weighted by molar-refractivity contribution is 0.472. The Balaban J connectivity index is 2.30. The number of nitrogens with two attached hydrogens (primary N) is 1. The average Bonchev–Trinajstić information content (AvgIpc) is 2.29. The van der Waals surface area contributed by atoms with Gasteiger partial charge in [-0.3, -0.25) is 0 Å². The highest BCUT2D eigenvalue weighted by molar-refractivity contribution is 14.1. The average molecular weight is 339 g/mol. The summed E-state index contributed by atoms with van der Waals surface area (Å²) in [5.74, 6) is 1.66. The van der Waals surface area contributed by atoms with Gasteiger partial charge in [-0.1, -0.05) is 24.3 Å². The Labute approximate surface area is 115 Å². The lowest BCUT2D eigenvalue weighted by atomic mass is 10.1. The molecule has 2 nitrogen and oxygen atoms in total. The molecule has 2 rings (SSSR count). The van der Waals surface area contributed by atoms with Crippen molar-refractivity contribution in [3.05, 3.63) is 57.7 Å². The first-order valence-corrected chi connectivity index (χ1v) is 6.52. The number of ether oxygens (including phenoxy) is 1. The van der Waals surface area contributed by atoms with Gasteiger partial charge in [0.2, 0.25) is 0 Å². The molecule has 2 aromatic rings. The molecule has 0 spiro atoms. The Kier molecular flexibility index (Phi) is 4.02. The SMILES string of the molecule is CC(N)c1ccccc1Oc1cccc(I)c1. The van der Waals surface area contributed by atoms with E-state index in [2.05, 4.69) is 22.6 Å². The standard InChI is InChI=1S/C14H14INO/c1-10(16)13-7-2-3-8-14(13)17-12-6-4-5-11(15)9-12/h2-10H,16H2,1H3. The van der Waals surface area contributed by atoms with E-state index in [1.54, 1.807) is 0 Å². The van der Waals surface area contributed by atoms with Crippen molar-refractivity contribution in [1.82, 2.24) is 0 Å². The first-order chi connectivity index (χ1) is 8.16. The Hall–Kier alpha value is -1.07. The first-order valence-electron chi connectivity index (χ1n) is 5.45. The van der Waals surface area contributed by atoms with Crippen LogP contribution in [0.1, 0.15) is 18.5 Å². The van der Waals surface area contributed by atoms with Crippen LogP contribution in [0.5, 0.6) is 11.5 Å². The summed E-state index contributed by atoms with van der Waals surface area (Å²) in [6.45, 7) is 1.96. The normalized spacial score (nSPS) is 12.2. The molecular formula is C14H14INO. The monoisotopic (exact) mass is 339 g/mol. The zero-order valence-corrected chi connectivity index (χ0v) is 11.7. The second-order valence-corrected chi connectivity index (χ2v) is 5.13. The number of hydrogen-bond acceptors (Lipinski definition) is 2. The molecule has 0 amide bonds. The molecule has 0 bridgehead atoms.